The molecular formula is C15H16N5O4+. The van der Waals surface area contributed by atoms with Crippen LogP contribution in [0.25, 0.3) is 4.85 Å². The maximum absolute atomic E-state index is 12.4. The van der Waals surface area contributed by atoms with Gasteiger partial charge in [-0.05, 0) is 4.98 Å². The fourth-order valence-corrected chi connectivity index (χ4v) is 2.00. The van der Waals surface area contributed by atoms with Crippen LogP contribution in [0.1, 0.15) is 16.1 Å². The Morgan fingerprint density at radius 1 is 1.42 bits per heavy atom. The Bertz CT molecular complexity index is 767. The van der Waals surface area contributed by atoms with Crippen molar-refractivity contribution in [1.82, 2.24) is 20.3 Å². The molecule has 124 valence electrons. The van der Waals surface area contributed by atoms with Crippen molar-refractivity contribution in [2.24, 2.45) is 0 Å². The number of esters is 1. The molecule has 0 aliphatic carbocycles. The number of carbonyl (C=O) groups is 2. The van der Waals surface area contributed by atoms with Crippen molar-refractivity contribution in [3.05, 3.63) is 40.9 Å². The van der Waals surface area contributed by atoms with Gasteiger partial charge in [0, 0.05) is 24.4 Å². The predicted molar refractivity (Wildman–Crippen MR) is 84.3 cm³/mol. The Morgan fingerprint density at radius 3 is 2.79 bits per heavy atom. The summed E-state index contributed by atoms with van der Waals surface area (Å²) in [5.74, 6) is -0.685. The number of amides is 1. The standard InChI is InChI=1S/C15H15N5O4/c1-16-13-12(23-2)4-9(6-18-13)14(21)20-11(15(22)24-3)5-10-7-17-8-19-10/h1,4,6-8,11H,5H2,2-3H3,(H-,17,19,20,21)/p+1/t11-/m1/s1. The minimum Gasteiger partial charge on any atom is -0.488 e. The fraction of sp³-hybridized carbons (Fsp3) is 0.267. The van der Waals surface area contributed by atoms with Crippen LogP contribution in [0.3, 0.4) is 0 Å². The van der Waals surface area contributed by atoms with Crippen molar-refractivity contribution < 1.29 is 19.1 Å². The Labute approximate surface area is 137 Å². The second-order valence-corrected chi connectivity index (χ2v) is 4.71. The minimum atomic E-state index is -0.882. The average molecular weight is 330 g/mol. The minimum absolute atomic E-state index is 0.163. The molecule has 0 saturated carbocycles. The zero-order valence-electron chi connectivity index (χ0n) is 13.1. The largest absolute Gasteiger partial charge is 0.488 e. The highest BCUT2D eigenvalue weighted by atomic mass is 16.5. The van der Waals surface area contributed by atoms with Crippen molar-refractivity contribution in [2.75, 3.05) is 14.2 Å². The van der Waals surface area contributed by atoms with Crippen LogP contribution < -0.4 is 10.1 Å². The molecule has 0 unspecified atom stereocenters. The van der Waals surface area contributed by atoms with E-state index in [1.807, 2.05) is 0 Å². The summed E-state index contributed by atoms with van der Waals surface area (Å²) in [6.07, 6.45) is 4.53. The third kappa shape index (κ3) is 3.86. The van der Waals surface area contributed by atoms with Crippen molar-refractivity contribution in [2.45, 2.75) is 12.5 Å². The summed E-state index contributed by atoms with van der Waals surface area (Å²) >= 11 is 0. The monoisotopic (exact) mass is 330 g/mol. The molecule has 2 heterocycles. The number of H-pyrrole nitrogens is 1. The van der Waals surface area contributed by atoms with Crippen LogP contribution in [0.2, 0.25) is 0 Å². The van der Waals surface area contributed by atoms with Crippen LogP contribution in [0.5, 0.6) is 5.75 Å². The quantitative estimate of drug-likeness (QED) is 0.762. The van der Waals surface area contributed by atoms with Gasteiger partial charge in [0.1, 0.15) is 12.6 Å². The van der Waals surface area contributed by atoms with E-state index in [9.17, 15) is 9.59 Å². The normalized spacial score (nSPS) is 11.2. The molecule has 0 aliphatic rings. The molecule has 1 atom stereocenters. The molecule has 2 N–H and O–H groups in total. The molecular weight excluding hydrogens is 314 g/mol. The number of methoxy groups -OCH3 is 2. The maximum Gasteiger partial charge on any atom is 0.467 e. The first-order chi connectivity index (χ1) is 11.6. The number of aromatic amines is 1. The average Bonchev–Trinajstić information content (AvgIpc) is 3.12. The van der Waals surface area contributed by atoms with E-state index >= 15 is 0 Å². The SMILES string of the molecule is C#[N+]c1ncc(C(=O)N[C@H](Cc2cnc[nH]2)C(=O)OC)cc1OC. The van der Waals surface area contributed by atoms with Crippen LogP contribution in [0.15, 0.2) is 24.8 Å². The molecule has 9 heteroatoms. The van der Waals surface area contributed by atoms with Crippen LogP contribution in [0, 0.1) is 6.57 Å². The Balaban J connectivity index is 2.18. The zero-order chi connectivity index (χ0) is 17.5. The highest BCUT2D eigenvalue weighted by Gasteiger charge is 2.25. The van der Waals surface area contributed by atoms with E-state index in [0.29, 0.717) is 5.69 Å². The van der Waals surface area contributed by atoms with E-state index in [1.54, 1.807) is 6.20 Å². The van der Waals surface area contributed by atoms with Gasteiger partial charge < -0.3 is 19.8 Å². The van der Waals surface area contributed by atoms with Gasteiger partial charge in [0.2, 0.25) is 5.75 Å². The Kier molecular flexibility index (Phi) is 5.46. The van der Waals surface area contributed by atoms with Gasteiger partial charge in [0.05, 0.1) is 26.1 Å². The van der Waals surface area contributed by atoms with Gasteiger partial charge in [-0.2, -0.15) is 4.85 Å². The van der Waals surface area contributed by atoms with Crippen molar-refractivity contribution in [3.63, 3.8) is 0 Å². The molecule has 2 rings (SSSR count). The lowest BCUT2D eigenvalue weighted by molar-refractivity contribution is -0.142. The van der Waals surface area contributed by atoms with Gasteiger partial charge in [-0.1, -0.05) is 0 Å². The van der Waals surface area contributed by atoms with Crippen molar-refractivity contribution >= 4 is 17.7 Å². The van der Waals surface area contributed by atoms with Gasteiger partial charge in [-0.15, -0.1) is 0 Å². The molecule has 1 amide bonds. The van der Waals surface area contributed by atoms with Gasteiger partial charge in [0.25, 0.3) is 5.91 Å². The first-order valence-corrected chi connectivity index (χ1v) is 6.90. The molecule has 0 spiro atoms. The number of pyridine rings is 1. The third-order valence-corrected chi connectivity index (χ3v) is 3.21. The maximum atomic E-state index is 12.4. The highest BCUT2D eigenvalue weighted by Crippen LogP contribution is 2.25. The number of carbonyl (C=O) groups excluding carboxylic acids is 2. The molecule has 9 nitrogen and oxygen atoms in total. The summed E-state index contributed by atoms with van der Waals surface area (Å²) in [6, 6.07) is 0.547. The van der Waals surface area contributed by atoms with Crippen LogP contribution in [-0.4, -0.2) is 47.1 Å². The number of nitrogens with zero attached hydrogens (tertiary/aromatic N) is 3. The second kappa shape index (κ2) is 7.73. The summed E-state index contributed by atoms with van der Waals surface area (Å²) in [6.45, 7) is 5.18. The summed E-state index contributed by atoms with van der Waals surface area (Å²) in [4.78, 5) is 38.4. The molecule has 0 bridgehead atoms. The van der Waals surface area contributed by atoms with Gasteiger partial charge in [-0.3, -0.25) is 4.79 Å². The first-order valence-electron chi connectivity index (χ1n) is 6.90. The molecule has 0 radical (unpaired) electrons. The number of nitrogens with one attached hydrogen (secondary N) is 2. The van der Waals surface area contributed by atoms with Crippen LogP contribution in [-0.2, 0) is 16.0 Å². The smallest absolute Gasteiger partial charge is 0.467 e. The number of aromatic nitrogens is 3. The van der Waals surface area contributed by atoms with E-state index in [-0.39, 0.29) is 23.6 Å². The topological polar surface area (TPSA) is 111 Å². The summed E-state index contributed by atoms with van der Waals surface area (Å²) in [7, 11) is 2.65. The molecule has 2 aromatic rings. The first kappa shape index (κ1) is 17.0. The van der Waals surface area contributed by atoms with E-state index in [4.69, 9.17) is 16.0 Å². The number of hydrogen-bond donors (Lipinski definition) is 2. The number of ether oxygens (including phenoxy) is 2. The molecule has 0 saturated heterocycles. The number of rotatable bonds is 6. The van der Waals surface area contributed by atoms with E-state index in [0.717, 1.165) is 0 Å². The Hall–Kier alpha value is -3.41. The Morgan fingerprint density at radius 2 is 2.21 bits per heavy atom. The molecule has 24 heavy (non-hydrogen) atoms. The van der Waals surface area contributed by atoms with Crippen molar-refractivity contribution in [3.8, 4) is 12.3 Å². The summed E-state index contributed by atoms with van der Waals surface area (Å²) in [5, 5.41) is 2.59. The lowest BCUT2D eigenvalue weighted by atomic mass is 10.1. The van der Waals surface area contributed by atoms with Crippen LogP contribution in [0.4, 0.5) is 5.82 Å². The van der Waals surface area contributed by atoms with Gasteiger partial charge in [0.15, 0.2) is 6.20 Å². The van der Waals surface area contributed by atoms with Gasteiger partial charge in [-0.25, -0.2) is 9.78 Å². The summed E-state index contributed by atoms with van der Waals surface area (Å²) < 4.78 is 9.78. The zero-order valence-corrected chi connectivity index (χ0v) is 13.1. The fourth-order valence-electron chi connectivity index (χ4n) is 2.00. The molecule has 0 aromatic carbocycles. The lowest BCUT2D eigenvalue weighted by Gasteiger charge is -2.15. The second-order valence-electron chi connectivity index (χ2n) is 4.71. The van der Waals surface area contributed by atoms with Gasteiger partial charge >= 0.3 is 11.8 Å². The number of imidazole rings is 1. The van der Waals surface area contributed by atoms with Crippen molar-refractivity contribution in [1.29, 1.82) is 0 Å². The van der Waals surface area contributed by atoms with E-state index in [1.165, 1.54) is 32.8 Å². The number of hydrogen-bond acceptors (Lipinski definition) is 6. The van der Waals surface area contributed by atoms with E-state index in [2.05, 4.69) is 25.1 Å². The molecule has 0 aliphatic heterocycles. The predicted octanol–water partition coefficient (Wildman–Crippen LogP) is 0.922. The molecule has 0 fully saturated rings. The van der Waals surface area contributed by atoms with E-state index < -0.39 is 17.9 Å². The highest BCUT2D eigenvalue weighted by molar-refractivity contribution is 5.97. The molecule has 2 aromatic heterocycles. The third-order valence-electron chi connectivity index (χ3n) is 3.21. The lowest BCUT2D eigenvalue weighted by Crippen LogP contribution is -2.43. The summed E-state index contributed by atoms with van der Waals surface area (Å²) in [5.41, 5.74) is 0.872. The van der Waals surface area contributed by atoms with Crippen LogP contribution >= 0.6 is 0 Å².